The molecule has 0 amide bonds. The molecule has 0 spiro atoms. The fraction of sp³-hybridized carbons (Fsp3) is 0.364. The van der Waals surface area contributed by atoms with Crippen molar-refractivity contribution in [1.29, 1.82) is 0 Å². The lowest BCUT2D eigenvalue weighted by atomic mass is 9.97. The molecule has 0 bridgehead atoms. The average molecular weight is 162 g/mol. The molecule has 1 heteroatoms. The van der Waals surface area contributed by atoms with Crippen molar-refractivity contribution in [2.45, 2.75) is 20.3 Å². The van der Waals surface area contributed by atoms with Crippen molar-refractivity contribution in [2.75, 3.05) is 0 Å². The highest BCUT2D eigenvalue weighted by atomic mass is 16.1. The maximum absolute atomic E-state index is 11.6. The number of benzene rings is 1. The Balaban J connectivity index is 2.79. The molecule has 0 aliphatic rings. The monoisotopic (exact) mass is 162 g/mol. The third-order valence-electron chi connectivity index (χ3n) is 2.12. The molecule has 1 atom stereocenters. The van der Waals surface area contributed by atoms with Gasteiger partial charge < -0.3 is 0 Å². The van der Waals surface area contributed by atoms with Gasteiger partial charge in [-0.25, -0.2) is 0 Å². The molecule has 0 radical (unpaired) electrons. The van der Waals surface area contributed by atoms with Gasteiger partial charge in [-0.05, 0) is 6.42 Å². The lowest BCUT2D eigenvalue weighted by Crippen LogP contribution is -2.09. The highest BCUT2D eigenvalue weighted by Gasteiger charge is 2.11. The second-order valence-electron chi connectivity index (χ2n) is 3.04. The summed E-state index contributed by atoms with van der Waals surface area (Å²) >= 11 is 0. The number of Topliss-reactive ketones (excluding diaryl/α,β-unsaturated/α-hetero) is 1. The van der Waals surface area contributed by atoms with E-state index in [4.69, 9.17) is 0 Å². The fourth-order valence-electron chi connectivity index (χ4n) is 1.07. The van der Waals surface area contributed by atoms with Gasteiger partial charge in [0, 0.05) is 11.5 Å². The molecule has 0 aromatic heterocycles. The predicted octanol–water partition coefficient (Wildman–Crippen LogP) is 2.92. The first-order valence-electron chi connectivity index (χ1n) is 4.35. The third kappa shape index (κ3) is 1.94. The minimum atomic E-state index is 0.146. The van der Waals surface area contributed by atoms with Crippen LogP contribution in [0.25, 0.3) is 0 Å². The van der Waals surface area contributed by atoms with Crippen LogP contribution in [0.4, 0.5) is 0 Å². The van der Waals surface area contributed by atoms with Crippen molar-refractivity contribution < 1.29 is 4.79 Å². The van der Waals surface area contributed by atoms with Crippen LogP contribution in [-0.4, -0.2) is 5.78 Å². The zero-order valence-electron chi connectivity index (χ0n) is 7.58. The molecule has 1 nitrogen and oxygen atoms in total. The molecule has 0 heterocycles. The SMILES string of the molecule is CCC(C)C(=O)c1ccccc1. The van der Waals surface area contributed by atoms with Crippen LogP contribution in [0, 0.1) is 5.92 Å². The summed E-state index contributed by atoms with van der Waals surface area (Å²) in [5.74, 6) is 0.394. The summed E-state index contributed by atoms with van der Waals surface area (Å²) in [5, 5.41) is 0. The van der Waals surface area contributed by atoms with E-state index in [2.05, 4.69) is 0 Å². The van der Waals surface area contributed by atoms with E-state index in [1.54, 1.807) is 0 Å². The molecule has 1 unspecified atom stereocenters. The number of hydrogen-bond donors (Lipinski definition) is 0. The van der Waals surface area contributed by atoms with E-state index >= 15 is 0 Å². The Kier molecular flexibility index (Phi) is 3.03. The lowest BCUT2D eigenvalue weighted by Gasteiger charge is -2.06. The summed E-state index contributed by atoms with van der Waals surface area (Å²) in [7, 11) is 0. The van der Waals surface area contributed by atoms with Crippen LogP contribution < -0.4 is 0 Å². The lowest BCUT2D eigenvalue weighted by molar-refractivity contribution is 0.0927. The van der Waals surface area contributed by atoms with Gasteiger partial charge in [0.2, 0.25) is 0 Å². The summed E-state index contributed by atoms with van der Waals surface area (Å²) in [6.45, 7) is 4.00. The second kappa shape index (κ2) is 4.05. The van der Waals surface area contributed by atoms with E-state index in [1.807, 2.05) is 44.2 Å². The van der Waals surface area contributed by atoms with Crippen molar-refractivity contribution >= 4 is 5.78 Å². The van der Waals surface area contributed by atoms with E-state index < -0.39 is 0 Å². The zero-order chi connectivity index (χ0) is 8.97. The van der Waals surface area contributed by atoms with Crippen LogP contribution in [0.15, 0.2) is 30.3 Å². The summed E-state index contributed by atoms with van der Waals surface area (Å²) in [5.41, 5.74) is 0.826. The Hall–Kier alpha value is -1.11. The van der Waals surface area contributed by atoms with Gasteiger partial charge >= 0.3 is 0 Å². The van der Waals surface area contributed by atoms with Gasteiger partial charge in [0.1, 0.15) is 0 Å². The number of ketones is 1. The maximum Gasteiger partial charge on any atom is 0.165 e. The topological polar surface area (TPSA) is 17.1 Å². The molecule has 12 heavy (non-hydrogen) atoms. The number of carbonyl (C=O) groups is 1. The molecule has 1 aromatic carbocycles. The first-order valence-corrected chi connectivity index (χ1v) is 4.35. The first-order chi connectivity index (χ1) is 5.75. The maximum atomic E-state index is 11.6. The zero-order valence-corrected chi connectivity index (χ0v) is 7.58. The average Bonchev–Trinajstić information content (AvgIpc) is 2.17. The van der Waals surface area contributed by atoms with Crippen LogP contribution >= 0.6 is 0 Å². The van der Waals surface area contributed by atoms with Crippen molar-refractivity contribution in [2.24, 2.45) is 5.92 Å². The highest BCUT2D eigenvalue weighted by molar-refractivity contribution is 5.97. The summed E-state index contributed by atoms with van der Waals surface area (Å²) in [6, 6.07) is 9.46. The summed E-state index contributed by atoms with van der Waals surface area (Å²) in [4.78, 5) is 11.6. The van der Waals surface area contributed by atoms with Gasteiger partial charge in [-0.2, -0.15) is 0 Å². The summed E-state index contributed by atoms with van der Waals surface area (Å²) in [6.07, 6.45) is 0.910. The van der Waals surface area contributed by atoms with Gasteiger partial charge in [-0.15, -0.1) is 0 Å². The molecule has 1 aromatic rings. The predicted molar refractivity (Wildman–Crippen MR) is 50.2 cm³/mol. The van der Waals surface area contributed by atoms with E-state index in [0.29, 0.717) is 0 Å². The van der Waals surface area contributed by atoms with Gasteiger partial charge in [-0.1, -0.05) is 44.2 Å². The van der Waals surface area contributed by atoms with E-state index in [0.717, 1.165) is 12.0 Å². The van der Waals surface area contributed by atoms with Crippen LogP contribution in [0.1, 0.15) is 30.6 Å². The van der Waals surface area contributed by atoms with Crippen molar-refractivity contribution in [1.82, 2.24) is 0 Å². The van der Waals surface area contributed by atoms with E-state index in [9.17, 15) is 4.79 Å². The second-order valence-corrected chi connectivity index (χ2v) is 3.04. The van der Waals surface area contributed by atoms with Gasteiger partial charge in [0.15, 0.2) is 5.78 Å². The van der Waals surface area contributed by atoms with Crippen LogP contribution in [-0.2, 0) is 0 Å². The first kappa shape index (κ1) is 8.98. The van der Waals surface area contributed by atoms with Gasteiger partial charge in [0.25, 0.3) is 0 Å². The Morgan fingerprint density at radius 1 is 1.33 bits per heavy atom. The quantitative estimate of drug-likeness (QED) is 0.624. The van der Waals surface area contributed by atoms with E-state index in [-0.39, 0.29) is 11.7 Å². The minimum absolute atomic E-state index is 0.146. The van der Waals surface area contributed by atoms with Crippen molar-refractivity contribution in [3.8, 4) is 0 Å². The highest BCUT2D eigenvalue weighted by Crippen LogP contribution is 2.10. The Labute approximate surface area is 73.4 Å². The molecule has 0 N–H and O–H groups in total. The molecule has 0 aliphatic heterocycles. The standard InChI is InChI=1S/C11H14O/c1-3-9(2)11(12)10-7-5-4-6-8-10/h4-9H,3H2,1-2H3. The Morgan fingerprint density at radius 3 is 2.42 bits per heavy atom. The molecule has 0 aliphatic carbocycles. The Bertz CT molecular complexity index is 251. The minimum Gasteiger partial charge on any atom is -0.294 e. The van der Waals surface area contributed by atoms with Crippen LogP contribution in [0.5, 0.6) is 0 Å². The van der Waals surface area contributed by atoms with Gasteiger partial charge in [0.05, 0.1) is 0 Å². The molecule has 64 valence electrons. The van der Waals surface area contributed by atoms with E-state index in [1.165, 1.54) is 0 Å². The third-order valence-corrected chi connectivity index (χ3v) is 2.12. The summed E-state index contributed by atoms with van der Waals surface area (Å²) < 4.78 is 0. The van der Waals surface area contributed by atoms with Crippen LogP contribution in [0.3, 0.4) is 0 Å². The van der Waals surface area contributed by atoms with Crippen molar-refractivity contribution in [3.05, 3.63) is 35.9 Å². The fourth-order valence-corrected chi connectivity index (χ4v) is 1.07. The molecular weight excluding hydrogens is 148 g/mol. The molecule has 0 fully saturated rings. The van der Waals surface area contributed by atoms with Crippen molar-refractivity contribution in [3.63, 3.8) is 0 Å². The molecule has 0 saturated carbocycles. The number of carbonyl (C=O) groups excluding carboxylic acids is 1. The molecule has 1 rings (SSSR count). The molecule has 0 saturated heterocycles. The Morgan fingerprint density at radius 2 is 1.92 bits per heavy atom. The normalized spacial score (nSPS) is 12.5. The molecular formula is C11H14O. The number of rotatable bonds is 3. The largest absolute Gasteiger partial charge is 0.294 e. The van der Waals surface area contributed by atoms with Gasteiger partial charge in [-0.3, -0.25) is 4.79 Å². The number of hydrogen-bond acceptors (Lipinski definition) is 1. The van der Waals surface area contributed by atoms with Crippen LogP contribution in [0.2, 0.25) is 0 Å². The smallest absolute Gasteiger partial charge is 0.165 e.